The minimum Gasteiger partial charge on any atom is -0.497 e. The fraction of sp³-hybridized carbons (Fsp3) is 0.636. The lowest BCUT2D eigenvalue weighted by Crippen LogP contribution is -2.66. The number of piperazine rings is 1. The molecular formula is C22H30N2O4. The average molecular weight is 386 g/mol. The highest BCUT2D eigenvalue weighted by Crippen LogP contribution is 2.41. The second-order valence-corrected chi connectivity index (χ2v) is 8.50. The topological polar surface area (TPSA) is 59.1 Å². The predicted octanol–water partition coefficient (Wildman–Crippen LogP) is 3.10. The highest BCUT2D eigenvalue weighted by Gasteiger charge is 2.48. The van der Waals surface area contributed by atoms with Crippen LogP contribution in [-0.2, 0) is 4.79 Å². The molecule has 152 valence electrons. The summed E-state index contributed by atoms with van der Waals surface area (Å²) in [7, 11) is 3.14. The Morgan fingerprint density at radius 2 is 1.71 bits per heavy atom. The van der Waals surface area contributed by atoms with Gasteiger partial charge in [-0.15, -0.1) is 0 Å². The molecule has 0 radical (unpaired) electrons. The number of ether oxygens (including phenoxy) is 2. The second kappa shape index (κ2) is 7.64. The van der Waals surface area contributed by atoms with E-state index in [1.165, 1.54) is 19.3 Å². The van der Waals surface area contributed by atoms with Crippen molar-refractivity contribution in [1.29, 1.82) is 0 Å². The second-order valence-electron chi connectivity index (χ2n) is 8.50. The molecule has 1 heterocycles. The third-order valence-electron chi connectivity index (χ3n) is 6.49. The first-order chi connectivity index (χ1) is 13.5. The molecule has 0 atom stereocenters. The standard InChI is InChI=1S/C22H30N2O4/c1-27-18-10-17(11-19(12-18)28-2)21(26)23-14-20(25)24(13-16-6-7-16)22(15-23)8-4-3-5-9-22/h10-12,16H,3-9,13-15H2,1-2H3. The van der Waals surface area contributed by atoms with Crippen LogP contribution in [0.4, 0.5) is 0 Å². The number of hydrogen-bond donors (Lipinski definition) is 0. The van der Waals surface area contributed by atoms with E-state index in [0.29, 0.717) is 29.5 Å². The van der Waals surface area contributed by atoms with E-state index >= 15 is 0 Å². The highest BCUT2D eigenvalue weighted by molar-refractivity contribution is 5.98. The summed E-state index contributed by atoms with van der Waals surface area (Å²) in [6.07, 6.45) is 7.92. The molecular weight excluding hydrogens is 356 g/mol. The summed E-state index contributed by atoms with van der Waals surface area (Å²) in [5, 5.41) is 0. The Bertz CT molecular complexity index is 731. The van der Waals surface area contributed by atoms with Gasteiger partial charge in [-0.2, -0.15) is 0 Å². The third-order valence-corrected chi connectivity index (χ3v) is 6.49. The van der Waals surface area contributed by atoms with E-state index in [9.17, 15) is 9.59 Å². The van der Waals surface area contributed by atoms with E-state index in [2.05, 4.69) is 4.90 Å². The first-order valence-corrected chi connectivity index (χ1v) is 10.4. The van der Waals surface area contributed by atoms with Crippen molar-refractivity contribution in [1.82, 2.24) is 9.80 Å². The molecule has 3 aliphatic rings. The summed E-state index contributed by atoms with van der Waals surface area (Å²) in [6.45, 7) is 1.66. The Balaban J connectivity index is 1.60. The van der Waals surface area contributed by atoms with Gasteiger partial charge in [-0.05, 0) is 43.7 Å². The maximum atomic E-state index is 13.3. The van der Waals surface area contributed by atoms with Gasteiger partial charge in [0.15, 0.2) is 0 Å². The van der Waals surface area contributed by atoms with Crippen molar-refractivity contribution < 1.29 is 19.1 Å². The Morgan fingerprint density at radius 1 is 1.07 bits per heavy atom. The van der Waals surface area contributed by atoms with Gasteiger partial charge >= 0.3 is 0 Å². The fourth-order valence-electron chi connectivity index (χ4n) is 4.76. The van der Waals surface area contributed by atoms with Gasteiger partial charge in [0.2, 0.25) is 5.91 Å². The summed E-state index contributed by atoms with van der Waals surface area (Å²) in [4.78, 5) is 30.3. The lowest BCUT2D eigenvalue weighted by molar-refractivity contribution is -0.147. The summed E-state index contributed by atoms with van der Waals surface area (Å²) >= 11 is 0. The van der Waals surface area contributed by atoms with Crippen LogP contribution in [0, 0.1) is 5.92 Å². The molecule has 2 saturated carbocycles. The minimum absolute atomic E-state index is 0.100. The third kappa shape index (κ3) is 3.69. The molecule has 1 aliphatic heterocycles. The maximum Gasteiger partial charge on any atom is 0.254 e. The average Bonchev–Trinajstić information content (AvgIpc) is 3.54. The highest BCUT2D eigenvalue weighted by atomic mass is 16.5. The van der Waals surface area contributed by atoms with Crippen LogP contribution < -0.4 is 9.47 Å². The Hall–Kier alpha value is -2.24. The molecule has 1 aromatic rings. The molecule has 0 aromatic heterocycles. The van der Waals surface area contributed by atoms with Crippen molar-refractivity contribution in [2.75, 3.05) is 33.9 Å². The van der Waals surface area contributed by atoms with Gasteiger partial charge in [0.1, 0.15) is 18.0 Å². The lowest BCUT2D eigenvalue weighted by Gasteiger charge is -2.52. The van der Waals surface area contributed by atoms with Gasteiger partial charge in [-0.25, -0.2) is 0 Å². The molecule has 1 saturated heterocycles. The van der Waals surface area contributed by atoms with Crippen LogP contribution in [-0.4, -0.2) is 61.0 Å². The number of hydrogen-bond acceptors (Lipinski definition) is 4. The summed E-state index contributed by atoms with van der Waals surface area (Å²) in [5.74, 6) is 1.79. The molecule has 4 rings (SSSR count). The molecule has 6 nitrogen and oxygen atoms in total. The predicted molar refractivity (Wildman–Crippen MR) is 106 cm³/mol. The van der Waals surface area contributed by atoms with Crippen LogP contribution in [0.5, 0.6) is 11.5 Å². The van der Waals surface area contributed by atoms with Crippen molar-refractivity contribution in [2.24, 2.45) is 5.92 Å². The molecule has 1 spiro atoms. The number of rotatable bonds is 5. The van der Waals surface area contributed by atoms with Gasteiger partial charge in [-0.3, -0.25) is 9.59 Å². The fourth-order valence-corrected chi connectivity index (χ4v) is 4.76. The van der Waals surface area contributed by atoms with Crippen LogP contribution in [0.1, 0.15) is 55.3 Å². The van der Waals surface area contributed by atoms with Crippen molar-refractivity contribution >= 4 is 11.8 Å². The summed E-state index contributed by atoms with van der Waals surface area (Å²) < 4.78 is 10.6. The van der Waals surface area contributed by atoms with E-state index in [-0.39, 0.29) is 23.9 Å². The van der Waals surface area contributed by atoms with E-state index in [4.69, 9.17) is 9.47 Å². The summed E-state index contributed by atoms with van der Waals surface area (Å²) in [5.41, 5.74) is 0.319. The van der Waals surface area contributed by atoms with Gasteiger partial charge < -0.3 is 19.3 Å². The smallest absolute Gasteiger partial charge is 0.254 e. The molecule has 1 aromatic carbocycles. The van der Waals surface area contributed by atoms with Crippen LogP contribution in [0.3, 0.4) is 0 Å². The number of methoxy groups -OCH3 is 2. The zero-order valence-corrected chi connectivity index (χ0v) is 16.9. The molecule has 28 heavy (non-hydrogen) atoms. The Morgan fingerprint density at radius 3 is 2.29 bits per heavy atom. The monoisotopic (exact) mass is 386 g/mol. The van der Waals surface area contributed by atoms with Crippen molar-refractivity contribution in [3.05, 3.63) is 23.8 Å². The zero-order valence-electron chi connectivity index (χ0n) is 16.9. The van der Waals surface area contributed by atoms with Crippen LogP contribution in [0.2, 0.25) is 0 Å². The largest absolute Gasteiger partial charge is 0.497 e. The Kier molecular flexibility index (Phi) is 5.21. The van der Waals surface area contributed by atoms with Gasteiger partial charge in [-0.1, -0.05) is 19.3 Å². The van der Waals surface area contributed by atoms with Crippen molar-refractivity contribution in [2.45, 2.75) is 50.5 Å². The van der Waals surface area contributed by atoms with Crippen LogP contribution in [0.25, 0.3) is 0 Å². The van der Waals surface area contributed by atoms with Gasteiger partial charge in [0, 0.05) is 24.7 Å². The molecule has 0 bridgehead atoms. The van der Waals surface area contributed by atoms with Crippen LogP contribution >= 0.6 is 0 Å². The number of nitrogens with zero attached hydrogens (tertiary/aromatic N) is 2. The van der Waals surface area contributed by atoms with Gasteiger partial charge in [0.25, 0.3) is 5.91 Å². The quantitative estimate of drug-likeness (QED) is 0.780. The van der Waals surface area contributed by atoms with Gasteiger partial charge in [0.05, 0.1) is 19.8 Å². The molecule has 0 unspecified atom stereocenters. The first-order valence-electron chi connectivity index (χ1n) is 10.4. The minimum atomic E-state index is -0.186. The Labute approximate surface area is 166 Å². The molecule has 2 amide bonds. The van der Waals surface area contributed by atoms with Crippen molar-refractivity contribution in [3.63, 3.8) is 0 Å². The van der Waals surface area contributed by atoms with Crippen molar-refractivity contribution in [3.8, 4) is 11.5 Å². The van der Waals surface area contributed by atoms with E-state index < -0.39 is 0 Å². The number of carbonyl (C=O) groups excluding carboxylic acids is 2. The SMILES string of the molecule is COc1cc(OC)cc(C(=O)N2CC(=O)N(CC3CC3)C3(CCCCC3)C2)c1. The first kappa shape index (κ1) is 19.1. The molecule has 0 N–H and O–H groups in total. The van der Waals surface area contributed by atoms with E-state index in [0.717, 1.165) is 32.2 Å². The summed E-state index contributed by atoms with van der Waals surface area (Å²) in [6, 6.07) is 5.19. The number of amides is 2. The molecule has 3 fully saturated rings. The maximum absolute atomic E-state index is 13.3. The molecule has 6 heteroatoms. The molecule has 2 aliphatic carbocycles. The number of carbonyl (C=O) groups is 2. The lowest BCUT2D eigenvalue weighted by atomic mass is 9.78. The zero-order chi connectivity index (χ0) is 19.7. The normalized spacial score (nSPS) is 21.7. The van der Waals surface area contributed by atoms with E-state index in [1.807, 2.05) is 0 Å². The van der Waals surface area contributed by atoms with Crippen LogP contribution in [0.15, 0.2) is 18.2 Å². The number of benzene rings is 1. The van der Waals surface area contributed by atoms with E-state index in [1.54, 1.807) is 37.3 Å².